The van der Waals surface area contributed by atoms with Crippen LogP contribution in [0.3, 0.4) is 0 Å². The van der Waals surface area contributed by atoms with Crippen LogP contribution in [0.2, 0.25) is 0 Å². The molecule has 0 aliphatic carbocycles. The number of hydrogen-bond donors (Lipinski definition) is 1. The smallest absolute Gasteiger partial charge is 0.218 e. The highest BCUT2D eigenvalue weighted by atomic mass is 16.5. The molecule has 0 aliphatic heterocycles. The lowest BCUT2D eigenvalue weighted by molar-refractivity contribution is 0.394. The number of nitrogens with zero attached hydrogens (tertiary/aromatic N) is 1. The minimum Gasteiger partial charge on any atom is -0.481 e. The van der Waals surface area contributed by atoms with Gasteiger partial charge in [0.05, 0.1) is 12.6 Å². The number of benzene rings is 1. The maximum Gasteiger partial charge on any atom is 0.218 e. The highest BCUT2D eigenvalue weighted by Gasteiger charge is 2.07. The second-order valence-corrected chi connectivity index (χ2v) is 4.01. The molecule has 16 heavy (non-hydrogen) atoms. The van der Waals surface area contributed by atoms with Gasteiger partial charge < -0.3 is 10.5 Å². The molecule has 0 saturated heterocycles. The van der Waals surface area contributed by atoms with Crippen molar-refractivity contribution >= 4 is 10.9 Å². The molecule has 0 fully saturated rings. The number of pyridine rings is 1. The van der Waals surface area contributed by atoms with Crippen molar-refractivity contribution in [1.82, 2.24) is 4.98 Å². The second kappa shape index (κ2) is 4.10. The molecule has 1 heterocycles. The van der Waals surface area contributed by atoms with Crippen LogP contribution in [0.25, 0.3) is 10.9 Å². The van der Waals surface area contributed by atoms with Crippen LogP contribution < -0.4 is 10.5 Å². The topological polar surface area (TPSA) is 48.1 Å². The number of aromatic nitrogens is 1. The van der Waals surface area contributed by atoms with E-state index in [-0.39, 0.29) is 0 Å². The maximum atomic E-state index is 5.68. The van der Waals surface area contributed by atoms with Gasteiger partial charge in [0, 0.05) is 17.5 Å². The molecule has 2 rings (SSSR count). The Labute approximate surface area is 95.2 Å². The van der Waals surface area contributed by atoms with Crippen LogP contribution in [0, 0.1) is 13.8 Å². The summed E-state index contributed by atoms with van der Waals surface area (Å²) in [7, 11) is 1.62. The number of rotatable bonds is 2. The lowest BCUT2D eigenvalue weighted by atomic mass is 10.0. The van der Waals surface area contributed by atoms with Gasteiger partial charge in [-0.2, -0.15) is 0 Å². The van der Waals surface area contributed by atoms with E-state index in [9.17, 15) is 0 Å². The fourth-order valence-corrected chi connectivity index (χ4v) is 1.98. The standard InChI is InChI=1S/C13H16N2O/c1-8-4-9(2)11-6-10(7-14)13(16-3)15-12(11)5-8/h4-6H,7,14H2,1-3H3. The summed E-state index contributed by atoms with van der Waals surface area (Å²) in [6, 6.07) is 6.28. The zero-order chi connectivity index (χ0) is 11.7. The monoisotopic (exact) mass is 216 g/mol. The summed E-state index contributed by atoms with van der Waals surface area (Å²) in [5, 5.41) is 1.15. The van der Waals surface area contributed by atoms with E-state index in [2.05, 4.69) is 37.0 Å². The van der Waals surface area contributed by atoms with Crippen molar-refractivity contribution in [2.75, 3.05) is 7.11 Å². The van der Waals surface area contributed by atoms with Crippen molar-refractivity contribution < 1.29 is 4.74 Å². The van der Waals surface area contributed by atoms with Gasteiger partial charge in [0.1, 0.15) is 0 Å². The highest BCUT2D eigenvalue weighted by molar-refractivity contribution is 5.84. The summed E-state index contributed by atoms with van der Waals surface area (Å²) in [6.07, 6.45) is 0. The number of fused-ring (bicyclic) bond motifs is 1. The molecule has 0 unspecified atom stereocenters. The van der Waals surface area contributed by atoms with Gasteiger partial charge in [-0.15, -0.1) is 0 Å². The summed E-state index contributed by atoms with van der Waals surface area (Å²) in [5.74, 6) is 0.625. The third-order valence-electron chi connectivity index (χ3n) is 2.74. The average Bonchev–Trinajstić information content (AvgIpc) is 2.27. The van der Waals surface area contributed by atoms with Crippen LogP contribution in [0.4, 0.5) is 0 Å². The number of nitrogens with two attached hydrogens (primary N) is 1. The molecule has 0 saturated carbocycles. The normalized spacial score (nSPS) is 10.8. The van der Waals surface area contributed by atoms with E-state index in [1.165, 1.54) is 11.1 Å². The molecule has 84 valence electrons. The Morgan fingerprint density at radius 3 is 2.62 bits per heavy atom. The Balaban J connectivity index is 2.78. The van der Waals surface area contributed by atoms with E-state index >= 15 is 0 Å². The van der Waals surface area contributed by atoms with Gasteiger partial charge in [0.2, 0.25) is 5.88 Å². The maximum absolute atomic E-state index is 5.68. The van der Waals surface area contributed by atoms with Crippen molar-refractivity contribution in [3.8, 4) is 5.88 Å². The third-order valence-corrected chi connectivity index (χ3v) is 2.74. The van der Waals surface area contributed by atoms with Crippen LogP contribution in [0.5, 0.6) is 5.88 Å². The fraction of sp³-hybridized carbons (Fsp3) is 0.308. The van der Waals surface area contributed by atoms with Crippen molar-refractivity contribution in [1.29, 1.82) is 0 Å². The Bertz CT molecular complexity index is 535. The fourth-order valence-electron chi connectivity index (χ4n) is 1.98. The lowest BCUT2D eigenvalue weighted by Crippen LogP contribution is -2.02. The highest BCUT2D eigenvalue weighted by Crippen LogP contribution is 2.25. The first kappa shape index (κ1) is 10.9. The van der Waals surface area contributed by atoms with E-state index in [1.807, 2.05) is 0 Å². The molecule has 0 amide bonds. The third kappa shape index (κ3) is 1.74. The molecule has 3 heteroatoms. The number of methoxy groups -OCH3 is 1. The number of aryl methyl sites for hydroxylation is 2. The van der Waals surface area contributed by atoms with Crippen LogP contribution in [0.1, 0.15) is 16.7 Å². The molecule has 0 radical (unpaired) electrons. The van der Waals surface area contributed by atoms with Crippen molar-refractivity contribution in [3.63, 3.8) is 0 Å². The van der Waals surface area contributed by atoms with Crippen LogP contribution >= 0.6 is 0 Å². The first-order valence-corrected chi connectivity index (χ1v) is 5.30. The predicted octanol–water partition coefficient (Wildman–Crippen LogP) is 2.32. The van der Waals surface area contributed by atoms with Crippen molar-refractivity contribution in [2.45, 2.75) is 20.4 Å². The molecule has 1 aromatic carbocycles. The van der Waals surface area contributed by atoms with E-state index in [0.29, 0.717) is 12.4 Å². The van der Waals surface area contributed by atoms with E-state index in [1.54, 1.807) is 7.11 Å². The van der Waals surface area contributed by atoms with Gasteiger partial charge in [0.25, 0.3) is 0 Å². The summed E-state index contributed by atoms with van der Waals surface area (Å²) in [6.45, 7) is 4.60. The van der Waals surface area contributed by atoms with Crippen LogP contribution in [-0.2, 0) is 6.54 Å². The average molecular weight is 216 g/mol. The molecule has 2 aromatic rings. The summed E-state index contributed by atoms with van der Waals surface area (Å²) >= 11 is 0. The molecule has 0 bridgehead atoms. The van der Waals surface area contributed by atoms with E-state index < -0.39 is 0 Å². The Kier molecular flexibility index (Phi) is 2.79. The molecule has 0 aliphatic rings. The first-order chi connectivity index (χ1) is 7.65. The van der Waals surface area contributed by atoms with E-state index in [4.69, 9.17) is 10.5 Å². The Hall–Kier alpha value is -1.61. The number of hydrogen-bond acceptors (Lipinski definition) is 3. The molecule has 1 aromatic heterocycles. The second-order valence-electron chi connectivity index (χ2n) is 4.01. The first-order valence-electron chi connectivity index (χ1n) is 5.30. The van der Waals surface area contributed by atoms with Crippen LogP contribution in [0.15, 0.2) is 18.2 Å². The Morgan fingerprint density at radius 2 is 2.00 bits per heavy atom. The minimum atomic E-state index is 0.444. The summed E-state index contributed by atoms with van der Waals surface area (Å²) in [5.41, 5.74) is 10.0. The van der Waals surface area contributed by atoms with Gasteiger partial charge >= 0.3 is 0 Å². The minimum absolute atomic E-state index is 0.444. The molecular weight excluding hydrogens is 200 g/mol. The van der Waals surface area contributed by atoms with Gasteiger partial charge in [0.15, 0.2) is 0 Å². The Morgan fingerprint density at radius 1 is 1.25 bits per heavy atom. The lowest BCUT2D eigenvalue weighted by Gasteiger charge is -2.10. The van der Waals surface area contributed by atoms with E-state index in [0.717, 1.165) is 16.5 Å². The molecule has 0 spiro atoms. The summed E-state index contributed by atoms with van der Waals surface area (Å²) in [4.78, 5) is 4.48. The van der Waals surface area contributed by atoms with Gasteiger partial charge in [-0.3, -0.25) is 0 Å². The zero-order valence-corrected chi connectivity index (χ0v) is 9.87. The zero-order valence-electron chi connectivity index (χ0n) is 9.87. The quantitative estimate of drug-likeness (QED) is 0.838. The predicted molar refractivity (Wildman–Crippen MR) is 65.7 cm³/mol. The van der Waals surface area contributed by atoms with Gasteiger partial charge in [-0.25, -0.2) is 4.98 Å². The molecular formula is C13H16N2O. The van der Waals surface area contributed by atoms with Gasteiger partial charge in [-0.05, 0) is 37.1 Å². The number of ether oxygens (including phenoxy) is 1. The van der Waals surface area contributed by atoms with Crippen LogP contribution in [-0.4, -0.2) is 12.1 Å². The van der Waals surface area contributed by atoms with Crippen molar-refractivity contribution in [3.05, 3.63) is 34.9 Å². The largest absolute Gasteiger partial charge is 0.481 e. The molecule has 0 atom stereocenters. The SMILES string of the molecule is COc1nc2cc(C)cc(C)c2cc1CN. The summed E-state index contributed by atoms with van der Waals surface area (Å²) < 4.78 is 5.23. The molecule has 2 N–H and O–H groups in total. The van der Waals surface area contributed by atoms with Crippen molar-refractivity contribution in [2.24, 2.45) is 5.73 Å². The molecule has 3 nitrogen and oxygen atoms in total. The van der Waals surface area contributed by atoms with Gasteiger partial charge in [-0.1, -0.05) is 6.07 Å².